The van der Waals surface area contributed by atoms with Crippen LogP contribution in [0.15, 0.2) is 150 Å². The zero-order valence-electron chi connectivity index (χ0n) is 30.4. The summed E-state index contributed by atoms with van der Waals surface area (Å²) < 4.78 is 53.6. The summed E-state index contributed by atoms with van der Waals surface area (Å²) in [5.74, 6) is 0.285. The van der Waals surface area contributed by atoms with Crippen molar-refractivity contribution in [3.8, 4) is 5.75 Å². The minimum absolute atomic E-state index is 0.128. The van der Waals surface area contributed by atoms with Gasteiger partial charge in [-0.25, -0.2) is 8.42 Å². The minimum Gasteiger partial charge on any atom is -0.489 e. The molecule has 1 heterocycles. The van der Waals surface area contributed by atoms with E-state index in [-0.39, 0.29) is 35.1 Å². The first-order valence-corrected chi connectivity index (χ1v) is 19.9. The van der Waals surface area contributed by atoms with Gasteiger partial charge in [-0.3, -0.25) is 14.9 Å². The van der Waals surface area contributed by atoms with Crippen LogP contribution in [0.5, 0.6) is 5.75 Å². The van der Waals surface area contributed by atoms with Gasteiger partial charge < -0.3 is 18.9 Å². The van der Waals surface area contributed by atoms with Crippen molar-refractivity contribution in [2.75, 3.05) is 7.11 Å². The fourth-order valence-corrected chi connectivity index (χ4v) is 8.77. The van der Waals surface area contributed by atoms with Crippen LogP contribution in [0.25, 0.3) is 0 Å². The number of hydrogen-bond donors (Lipinski definition) is 0. The van der Waals surface area contributed by atoms with Gasteiger partial charge in [0.2, 0.25) is 10.0 Å². The Morgan fingerprint density at radius 2 is 1.71 bits per heavy atom. The molecule has 3 atom stereocenters. The fraction of sp³-hybridized carbons (Fsp3) is 0.214. The molecule has 4 aromatic rings. The maximum atomic E-state index is 14.6. The lowest BCUT2D eigenvalue weighted by atomic mass is 9.84. The van der Waals surface area contributed by atoms with E-state index >= 15 is 0 Å². The van der Waals surface area contributed by atoms with Crippen LogP contribution in [-0.2, 0) is 35.6 Å². The lowest BCUT2D eigenvalue weighted by Gasteiger charge is -2.36. The van der Waals surface area contributed by atoms with Gasteiger partial charge in [0.1, 0.15) is 36.7 Å². The Bertz CT molecular complexity index is 2290. The van der Waals surface area contributed by atoms with Crippen LogP contribution in [0, 0.1) is 10.1 Å². The van der Waals surface area contributed by atoms with Crippen LogP contribution in [0.2, 0.25) is 10.0 Å². The predicted molar refractivity (Wildman–Crippen MR) is 212 cm³/mol. The molecule has 0 spiro atoms. The lowest BCUT2D eigenvalue weighted by Crippen LogP contribution is -2.47. The Morgan fingerprint density at radius 1 is 0.982 bits per heavy atom. The normalized spacial score (nSPS) is 16.4. The maximum Gasteiger partial charge on any atom is 0.324 e. The number of carbonyl (C=O) groups is 1. The van der Waals surface area contributed by atoms with Crippen molar-refractivity contribution in [1.82, 2.24) is 4.31 Å². The molecule has 0 bridgehead atoms. The molecule has 1 aliphatic carbocycles. The lowest BCUT2D eigenvalue weighted by molar-refractivity contribution is -0.384. The second-order valence-corrected chi connectivity index (χ2v) is 15.6. The van der Waals surface area contributed by atoms with E-state index in [0.717, 1.165) is 45.3 Å². The summed E-state index contributed by atoms with van der Waals surface area (Å²) in [6, 6.07) is 24.3. The van der Waals surface area contributed by atoms with E-state index in [2.05, 4.69) is 0 Å². The molecule has 0 saturated heterocycles. The van der Waals surface area contributed by atoms with Crippen molar-refractivity contribution in [3.05, 3.63) is 182 Å². The molecule has 56 heavy (non-hydrogen) atoms. The van der Waals surface area contributed by atoms with E-state index in [1.165, 1.54) is 19.6 Å². The average Bonchev–Trinajstić information content (AvgIpc) is 3.22. The van der Waals surface area contributed by atoms with Crippen LogP contribution in [0.4, 0.5) is 5.69 Å². The molecule has 14 heteroatoms. The van der Waals surface area contributed by atoms with Crippen molar-refractivity contribution in [2.45, 2.75) is 55.7 Å². The zero-order valence-corrected chi connectivity index (χ0v) is 32.7. The molecule has 2 aliphatic rings. The van der Waals surface area contributed by atoms with Crippen molar-refractivity contribution in [2.24, 2.45) is 0 Å². The minimum atomic E-state index is -4.48. The van der Waals surface area contributed by atoms with Crippen molar-refractivity contribution in [3.63, 3.8) is 0 Å². The Morgan fingerprint density at radius 3 is 2.38 bits per heavy atom. The molecule has 0 fully saturated rings. The number of sulfonamides is 1. The van der Waals surface area contributed by atoms with Gasteiger partial charge in [-0.05, 0) is 65.9 Å². The number of rotatable bonds is 15. The highest BCUT2D eigenvalue weighted by molar-refractivity contribution is 7.89. The van der Waals surface area contributed by atoms with Gasteiger partial charge in [0.05, 0.1) is 33.0 Å². The number of nitrogens with zero attached hydrogens (tertiary/aromatic N) is 2. The van der Waals surface area contributed by atoms with Gasteiger partial charge in [0.15, 0.2) is 5.76 Å². The van der Waals surface area contributed by atoms with Gasteiger partial charge in [-0.2, -0.15) is 4.31 Å². The van der Waals surface area contributed by atoms with Gasteiger partial charge >= 0.3 is 5.97 Å². The second-order valence-electron chi connectivity index (χ2n) is 12.9. The largest absolute Gasteiger partial charge is 0.489 e. The standard InChI is InChI=1S/C42H38Cl2N2O9S/c1-3-39(30-9-5-4-6-10-30)45(56(50,51)34-20-16-31(17-21-34)46(48)49)40(42(47)52-2)24-33-26-53-27-41(55-33)36-12-8-7-11-35(36)29-14-18-32(19-15-29)54-25-28-13-22-37(43)38(44)23-28/h4-10,12-23,26-27,35,39-40H,3,11,24-25H2,1-2H3/t35-,39+,40+/m1/s1. The Hall–Kier alpha value is -5.40. The van der Waals surface area contributed by atoms with E-state index in [1.807, 2.05) is 55.5 Å². The number of halogens is 2. The van der Waals surface area contributed by atoms with E-state index in [0.29, 0.717) is 40.1 Å². The molecule has 290 valence electrons. The van der Waals surface area contributed by atoms with Gasteiger partial charge in [0, 0.05) is 30.0 Å². The third-order valence-corrected chi connectivity index (χ3v) is 12.1. The third kappa shape index (κ3) is 9.17. The molecular weight excluding hydrogens is 779 g/mol. The summed E-state index contributed by atoms with van der Waals surface area (Å²) in [5.41, 5.74) is 3.04. The molecule has 0 aromatic heterocycles. The Balaban J connectivity index is 1.25. The summed E-state index contributed by atoms with van der Waals surface area (Å²) in [5, 5.41) is 12.3. The first-order chi connectivity index (χ1) is 27.0. The van der Waals surface area contributed by atoms with E-state index in [9.17, 15) is 23.3 Å². The van der Waals surface area contributed by atoms with E-state index in [1.54, 1.807) is 42.5 Å². The van der Waals surface area contributed by atoms with Gasteiger partial charge in [0.25, 0.3) is 5.69 Å². The average molecular weight is 818 g/mol. The topological polar surface area (TPSA) is 135 Å². The molecule has 0 amide bonds. The van der Waals surface area contributed by atoms with Crippen molar-refractivity contribution >= 4 is 44.9 Å². The van der Waals surface area contributed by atoms with Crippen LogP contribution in [0.1, 0.15) is 54.8 Å². The fourth-order valence-electron chi connectivity index (χ4n) is 6.62. The number of methoxy groups -OCH3 is 1. The van der Waals surface area contributed by atoms with Crippen LogP contribution >= 0.6 is 23.2 Å². The van der Waals surface area contributed by atoms with Crippen LogP contribution in [0.3, 0.4) is 0 Å². The molecular formula is C42H38Cl2N2O9S. The highest BCUT2D eigenvalue weighted by Crippen LogP contribution is 2.40. The number of ether oxygens (including phenoxy) is 4. The van der Waals surface area contributed by atoms with Crippen molar-refractivity contribution < 1.29 is 37.1 Å². The monoisotopic (exact) mass is 816 g/mol. The number of benzene rings is 4. The second kappa shape index (κ2) is 18.0. The summed E-state index contributed by atoms with van der Waals surface area (Å²) in [6.45, 7) is 2.12. The number of esters is 1. The first-order valence-electron chi connectivity index (χ1n) is 17.7. The molecule has 0 N–H and O–H groups in total. The smallest absolute Gasteiger partial charge is 0.324 e. The number of nitro benzene ring substituents is 1. The number of nitro groups is 1. The first kappa shape index (κ1) is 40.3. The summed E-state index contributed by atoms with van der Waals surface area (Å²) >= 11 is 12.2. The molecule has 11 nitrogen and oxygen atoms in total. The number of hydrogen-bond acceptors (Lipinski definition) is 9. The highest BCUT2D eigenvalue weighted by atomic mass is 35.5. The van der Waals surface area contributed by atoms with Crippen molar-refractivity contribution in [1.29, 1.82) is 0 Å². The maximum absolute atomic E-state index is 14.6. The number of non-ortho nitro benzene ring substituents is 1. The molecule has 6 rings (SSSR count). The summed E-state index contributed by atoms with van der Waals surface area (Å²) in [4.78, 5) is 24.2. The van der Waals surface area contributed by atoms with E-state index in [4.69, 9.17) is 42.1 Å². The quantitative estimate of drug-likeness (QED) is 0.0653. The van der Waals surface area contributed by atoms with Crippen LogP contribution in [-0.4, -0.2) is 36.8 Å². The van der Waals surface area contributed by atoms with Crippen LogP contribution < -0.4 is 4.74 Å². The molecule has 0 saturated carbocycles. The number of allylic oxidation sites excluding steroid dienone is 4. The third-order valence-electron chi connectivity index (χ3n) is 9.41. The SMILES string of the molecule is CC[C@@H](c1ccccc1)N([C@@H](CC1=COC=C(C2=CC=CC[C@@H]2c2ccc(OCc3ccc(Cl)c(Cl)c3)cc2)O1)C(=O)OC)S(=O)(=O)c1ccc([N+](=O)[O-])cc1. The summed E-state index contributed by atoms with van der Waals surface area (Å²) in [7, 11) is -3.30. The van der Waals surface area contributed by atoms with E-state index < -0.39 is 33.0 Å². The number of carbonyl (C=O) groups excluding carboxylic acids is 1. The molecule has 4 aromatic carbocycles. The predicted octanol–water partition coefficient (Wildman–Crippen LogP) is 9.95. The zero-order chi connectivity index (χ0) is 39.8. The summed E-state index contributed by atoms with van der Waals surface area (Å²) in [6.07, 6.45) is 9.38. The molecule has 1 aliphatic heterocycles. The van der Waals surface area contributed by atoms with Gasteiger partial charge in [-0.15, -0.1) is 0 Å². The molecule has 0 unspecified atom stereocenters. The highest BCUT2D eigenvalue weighted by Gasteiger charge is 2.43. The molecule has 0 radical (unpaired) electrons. The Labute approximate surface area is 335 Å². The van der Waals surface area contributed by atoms with Gasteiger partial charge in [-0.1, -0.05) is 96.9 Å². The Kier molecular flexibility index (Phi) is 13.0.